The highest BCUT2D eigenvalue weighted by atomic mass is 35.5. The molecule has 0 amide bonds. The molecule has 7 heteroatoms. The van der Waals surface area contributed by atoms with Crippen LogP contribution in [0.3, 0.4) is 0 Å². The summed E-state index contributed by atoms with van der Waals surface area (Å²) in [6, 6.07) is 1.96. The predicted molar refractivity (Wildman–Crippen MR) is 71.2 cm³/mol. The van der Waals surface area contributed by atoms with Crippen LogP contribution in [0.1, 0.15) is 11.1 Å². The Morgan fingerprint density at radius 1 is 1.30 bits per heavy atom. The van der Waals surface area contributed by atoms with Crippen molar-refractivity contribution in [1.29, 1.82) is 0 Å². The maximum Gasteiger partial charge on any atom is 0.416 e. The smallest absolute Gasteiger partial charge is 0.416 e. The zero-order chi connectivity index (χ0) is 14.8. The number of nitrogens with one attached hydrogen (secondary N) is 1. The standard InChI is InChI=1S/C13H16ClF3N2O/c1-20-12-7-9(13(15,16)17)6-11(14)10(12)8-19-4-2-18-3-5-19/h6-7,18H,2-5,8H2,1H3. The summed E-state index contributed by atoms with van der Waals surface area (Å²) in [4.78, 5) is 2.13. The van der Waals surface area contributed by atoms with Gasteiger partial charge in [-0.3, -0.25) is 4.90 Å². The first-order valence-corrected chi connectivity index (χ1v) is 6.66. The molecule has 0 aliphatic carbocycles. The molecule has 3 nitrogen and oxygen atoms in total. The lowest BCUT2D eigenvalue weighted by molar-refractivity contribution is -0.137. The maximum atomic E-state index is 12.7. The van der Waals surface area contributed by atoms with Crippen LogP contribution in [0, 0.1) is 0 Å². The Kier molecular flexibility index (Phi) is 4.78. The van der Waals surface area contributed by atoms with E-state index in [2.05, 4.69) is 10.2 Å². The van der Waals surface area contributed by atoms with Crippen LogP contribution in [0.4, 0.5) is 13.2 Å². The molecule has 1 aromatic rings. The van der Waals surface area contributed by atoms with Crippen molar-refractivity contribution in [2.24, 2.45) is 0 Å². The normalized spacial score (nSPS) is 17.2. The molecule has 1 saturated heterocycles. The summed E-state index contributed by atoms with van der Waals surface area (Å²) in [6.45, 7) is 3.88. The van der Waals surface area contributed by atoms with Crippen molar-refractivity contribution < 1.29 is 17.9 Å². The van der Waals surface area contributed by atoms with Crippen LogP contribution in [-0.4, -0.2) is 38.2 Å². The average Bonchev–Trinajstić information content (AvgIpc) is 2.40. The lowest BCUT2D eigenvalue weighted by atomic mass is 10.1. The molecule has 0 unspecified atom stereocenters. The minimum absolute atomic E-state index is 0.0928. The van der Waals surface area contributed by atoms with Crippen molar-refractivity contribution in [2.45, 2.75) is 12.7 Å². The zero-order valence-corrected chi connectivity index (χ0v) is 11.8. The van der Waals surface area contributed by atoms with E-state index in [0.717, 1.165) is 38.3 Å². The summed E-state index contributed by atoms with van der Waals surface area (Å²) in [5.74, 6) is 0.184. The Balaban J connectivity index is 2.27. The SMILES string of the molecule is COc1cc(C(F)(F)F)cc(Cl)c1CN1CCNCC1. The molecule has 0 aromatic heterocycles. The number of rotatable bonds is 3. The molecule has 1 N–H and O–H groups in total. The van der Waals surface area contributed by atoms with Gasteiger partial charge in [0.05, 0.1) is 12.7 Å². The van der Waals surface area contributed by atoms with E-state index in [1.165, 1.54) is 7.11 Å². The third-order valence-corrected chi connectivity index (χ3v) is 3.63. The molecule has 0 spiro atoms. The Labute approximate surface area is 120 Å². The Bertz CT molecular complexity index is 473. The van der Waals surface area contributed by atoms with E-state index in [4.69, 9.17) is 16.3 Å². The molecule has 1 aliphatic rings. The summed E-state index contributed by atoms with van der Waals surface area (Å²) < 4.78 is 43.3. The number of hydrogen-bond acceptors (Lipinski definition) is 3. The minimum Gasteiger partial charge on any atom is -0.496 e. The second-order valence-electron chi connectivity index (χ2n) is 4.66. The Hall–Kier alpha value is -0.980. The fourth-order valence-electron chi connectivity index (χ4n) is 2.20. The predicted octanol–water partition coefficient (Wildman–Crippen LogP) is 2.77. The lowest BCUT2D eigenvalue weighted by Gasteiger charge is -2.28. The molecule has 0 saturated carbocycles. The third-order valence-electron chi connectivity index (χ3n) is 3.29. The van der Waals surface area contributed by atoms with Crippen LogP contribution in [-0.2, 0) is 12.7 Å². The number of ether oxygens (including phenoxy) is 1. The number of piperazine rings is 1. The van der Waals surface area contributed by atoms with E-state index >= 15 is 0 Å². The van der Waals surface area contributed by atoms with Crippen molar-refractivity contribution in [3.63, 3.8) is 0 Å². The first-order chi connectivity index (χ1) is 9.41. The van der Waals surface area contributed by atoms with Crippen molar-refractivity contribution >= 4 is 11.6 Å². The van der Waals surface area contributed by atoms with Crippen LogP contribution in [0.5, 0.6) is 5.75 Å². The molecular weight excluding hydrogens is 293 g/mol. The molecule has 1 fully saturated rings. The van der Waals surface area contributed by atoms with Crippen LogP contribution < -0.4 is 10.1 Å². The van der Waals surface area contributed by atoms with Gasteiger partial charge in [-0.25, -0.2) is 0 Å². The van der Waals surface area contributed by atoms with E-state index in [1.54, 1.807) is 0 Å². The van der Waals surface area contributed by atoms with Gasteiger partial charge < -0.3 is 10.1 Å². The molecule has 0 radical (unpaired) electrons. The molecule has 0 bridgehead atoms. The van der Waals surface area contributed by atoms with Gasteiger partial charge in [-0.1, -0.05) is 11.6 Å². The van der Waals surface area contributed by atoms with Crippen LogP contribution in [0.15, 0.2) is 12.1 Å². The summed E-state index contributed by atoms with van der Waals surface area (Å²) in [5.41, 5.74) is -0.188. The van der Waals surface area contributed by atoms with Gasteiger partial charge >= 0.3 is 6.18 Å². The fourth-order valence-corrected chi connectivity index (χ4v) is 2.47. The van der Waals surface area contributed by atoms with Crippen LogP contribution >= 0.6 is 11.6 Å². The van der Waals surface area contributed by atoms with Gasteiger partial charge in [-0.2, -0.15) is 13.2 Å². The largest absolute Gasteiger partial charge is 0.496 e. The van der Waals surface area contributed by atoms with Crippen molar-refractivity contribution in [1.82, 2.24) is 10.2 Å². The summed E-state index contributed by atoms with van der Waals surface area (Å²) in [7, 11) is 1.35. The van der Waals surface area contributed by atoms with Crippen LogP contribution in [0.25, 0.3) is 0 Å². The first kappa shape index (κ1) is 15.4. The number of methoxy groups -OCH3 is 1. The Morgan fingerprint density at radius 3 is 2.50 bits per heavy atom. The van der Waals surface area contributed by atoms with Gasteiger partial charge in [0.1, 0.15) is 5.75 Å². The van der Waals surface area contributed by atoms with Gasteiger partial charge in [0.25, 0.3) is 0 Å². The summed E-state index contributed by atoms with van der Waals surface area (Å²) in [6.07, 6.45) is -4.43. The minimum atomic E-state index is -4.43. The molecule has 1 aliphatic heterocycles. The third kappa shape index (κ3) is 3.56. The van der Waals surface area contributed by atoms with Gasteiger partial charge in [0.15, 0.2) is 0 Å². The number of alkyl halides is 3. The average molecular weight is 309 g/mol. The van der Waals surface area contributed by atoms with Crippen LogP contribution in [0.2, 0.25) is 5.02 Å². The van der Waals surface area contributed by atoms with E-state index in [-0.39, 0.29) is 10.8 Å². The zero-order valence-electron chi connectivity index (χ0n) is 11.1. The van der Waals surface area contributed by atoms with E-state index in [0.29, 0.717) is 12.1 Å². The van der Waals surface area contributed by atoms with Gasteiger partial charge in [0, 0.05) is 43.3 Å². The highest BCUT2D eigenvalue weighted by Gasteiger charge is 2.32. The second kappa shape index (κ2) is 6.20. The number of nitrogens with zero attached hydrogens (tertiary/aromatic N) is 1. The van der Waals surface area contributed by atoms with E-state index < -0.39 is 11.7 Å². The monoisotopic (exact) mass is 308 g/mol. The molecule has 0 atom stereocenters. The quantitative estimate of drug-likeness (QED) is 0.929. The topological polar surface area (TPSA) is 24.5 Å². The maximum absolute atomic E-state index is 12.7. The number of halogens is 4. The molecular formula is C13H16ClF3N2O. The molecule has 2 rings (SSSR count). The highest BCUT2D eigenvalue weighted by molar-refractivity contribution is 6.31. The highest BCUT2D eigenvalue weighted by Crippen LogP contribution is 2.37. The van der Waals surface area contributed by atoms with Crippen molar-refractivity contribution in [3.05, 3.63) is 28.3 Å². The van der Waals surface area contributed by atoms with Gasteiger partial charge in [0.2, 0.25) is 0 Å². The number of benzene rings is 1. The van der Waals surface area contributed by atoms with Gasteiger partial charge in [-0.15, -0.1) is 0 Å². The number of hydrogen-bond donors (Lipinski definition) is 1. The summed E-state index contributed by atoms with van der Waals surface area (Å²) in [5, 5.41) is 3.31. The van der Waals surface area contributed by atoms with Crippen molar-refractivity contribution in [3.8, 4) is 5.75 Å². The molecule has 112 valence electrons. The first-order valence-electron chi connectivity index (χ1n) is 6.28. The van der Waals surface area contributed by atoms with E-state index in [1.807, 2.05) is 0 Å². The molecule has 1 heterocycles. The molecule has 1 aromatic carbocycles. The van der Waals surface area contributed by atoms with E-state index in [9.17, 15) is 13.2 Å². The fraction of sp³-hybridized carbons (Fsp3) is 0.538. The lowest BCUT2D eigenvalue weighted by Crippen LogP contribution is -2.43. The molecule has 20 heavy (non-hydrogen) atoms. The second-order valence-corrected chi connectivity index (χ2v) is 5.07. The van der Waals surface area contributed by atoms with Gasteiger partial charge in [-0.05, 0) is 12.1 Å². The summed E-state index contributed by atoms with van der Waals surface area (Å²) >= 11 is 6.02. The Morgan fingerprint density at radius 2 is 1.95 bits per heavy atom. The van der Waals surface area contributed by atoms with Crippen molar-refractivity contribution in [2.75, 3.05) is 33.3 Å².